The molecule has 0 saturated heterocycles. The summed E-state index contributed by atoms with van der Waals surface area (Å²) >= 11 is 6.24. The summed E-state index contributed by atoms with van der Waals surface area (Å²) in [5.41, 5.74) is 4.40. The summed E-state index contributed by atoms with van der Waals surface area (Å²) in [4.78, 5) is 0. The second-order valence-corrected chi connectivity index (χ2v) is 6.36. The first kappa shape index (κ1) is 12.9. The molecular weight excluding hydrogens is 230 g/mol. The number of hydrogen-bond donors (Lipinski definition) is 1. The molecule has 0 radical (unpaired) electrons. The van der Waals surface area contributed by atoms with E-state index >= 15 is 0 Å². The van der Waals surface area contributed by atoms with Crippen molar-refractivity contribution in [3.63, 3.8) is 0 Å². The molecule has 1 N–H and O–H groups in total. The Bertz CT molecular complexity index is 391. The Labute approximate surface area is 110 Å². The molecule has 0 amide bonds. The van der Waals surface area contributed by atoms with Crippen molar-refractivity contribution in [2.24, 2.45) is 5.41 Å². The molecule has 1 aliphatic rings. The molecule has 1 aromatic carbocycles. The standard InChI is InChI=1S/C15H22ClN/c1-10-6-5-7-11(2)12(10)9-17-14-8-13(16)15(14,3)4/h5-7,13-14,17H,8-9H2,1-4H3. The molecule has 0 bridgehead atoms. The van der Waals surface area contributed by atoms with Crippen LogP contribution in [0.2, 0.25) is 0 Å². The normalized spacial score (nSPS) is 26.6. The molecule has 2 unspecified atom stereocenters. The van der Waals surface area contributed by atoms with E-state index in [1.807, 2.05) is 0 Å². The highest BCUT2D eigenvalue weighted by molar-refractivity contribution is 6.21. The van der Waals surface area contributed by atoms with E-state index in [0.29, 0.717) is 11.4 Å². The zero-order valence-electron chi connectivity index (χ0n) is 11.2. The lowest BCUT2D eigenvalue weighted by molar-refractivity contribution is 0.115. The molecule has 94 valence electrons. The van der Waals surface area contributed by atoms with Crippen LogP contribution in [-0.4, -0.2) is 11.4 Å². The van der Waals surface area contributed by atoms with Crippen molar-refractivity contribution in [1.82, 2.24) is 5.32 Å². The number of alkyl halides is 1. The van der Waals surface area contributed by atoms with Crippen molar-refractivity contribution in [1.29, 1.82) is 0 Å². The first-order valence-corrected chi connectivity index (χ1v) is 6.79. The van der Waals surface area contributed by atoms with Gasteiger partial charge in [-0.25, -0.2) is 0 Å². The van der Waals surface area contributed by atoms with Crippen LogP contribution in [0.3, 0.4) is 0 Å². The second-order valence-electron chi connectivity index (χ2n) is 5.83. The molecule has 1 saturated carbocycles. The van der Waals surface area contributed by atoms with Gasteiger partial charge in [0.2, 0.25) is 0 Å². The van der Waals surface area contributed by atoms with Gasteiger partial charge in [-0.2, -0.15) is 0 Å². The van der Waals surface area contributed by atoms with E-state index < -0.39 is 0 Å². The first-order chi connectivity index (χ1) is 7.93. The van der Waals surface area contributed by atoms with Gasteiger partial charge in [-0.3, -0.25) is 0 Å². The van der Waals surface area contributed by atoms with Crippen LogP contribution in [0.5, 0.6) is 0 Å². The predicted octanol–water partition coefficient (Wildman–Crippen LogP) is 3.80. The molecule has 2 heteroatoms. The van der Waals surface area contributed by atoms with Crippen molar-refractivity contribution >= 4 is 11.6 Å². The molecule has 1 aromatic rings. The van der Waals surface area contributed by atoms with E-state index in [-0.39, 0.29) is 5.41 Å². The van der Waals surface area contributed by atoms with Crippen LogP contribution < -0.4 is 5.32 Å². The lowest BCUT2D eigenvalue weighted by atomic mass is 9.66. The van der Waals surface area contributed by atoms with E-state index in [1.54, 1.807) is 0 Å². The van der Waals surface area contributed by atoms with Crippen LogP contribution in [0.25, 0.3) is 0 Å². The molecule has 2 atom stereocenters. The highest BCUT2D eigenvalue weighted by atomic mass is 35.5. The van der Waals surface area contributed by atoms with Crippen molar-refractivity contribution in [3.8, 4) is 0 Å². The Kier molecular flexibility index (Phi) is 3.51. The van der Waals surface area contributed by atoms with E-state index in [9.17, 15) is 0 Å². The lowest BCUT2D eigenvalue weighted by Gasteiger charge is -2.49. The molecule has 1 nitrogen and oxygen atoms in total. The summed E-state index contributed by atoms with van der Waals surface area (Å²) < 4.78 is 0. The average molecular weight is 252 g/mol. The summed E-state index contributed by atoms with van der Waals surface area (Å²) in [6.07, 6.45) is 1.08. The van der Waals surface area contributed by atoms with Crippen molar-refractivity contribution in [2.75, 3.05) is 0 Å². The second kappa shape index (κ2) is 4.62. The summed E-state index contributed by atoms with van der Waals surface area (Å²) in [5.74, 6) is 0. The third-order valence-corrected chi connectivity index (χ3v) is 5.06. The maximum atomic E-state index is 6.24. The Balaban J connectivity index is 2.00. The minimum absolute atomic E-state index is 0.220. The molecule has 1 fully saturated rings. The number of benzene rings is 1. The van der Waals surface area contributed by atoms with Crippen LogP contribution in [-0.2, 0) is 6.54 Å². The fourth-order valence-electron chi connectivity index (χ4n) is 2.57. The quantitative estimate of drug-likeness (QED) is 0.806. The average Bonchev–Trinajstić information content (AvgIpc) is 2.27. The SMILES string of the molecule is Cc1cccc(C)c1CNC1CC(Cl)C1(C)C. The summed E-state index contributed by atoms with van der Waals surface area (Å²) in [6, 6.07) is 7.03. The van der Waals surface area contributed by atoms with Gasteiger partial charge in [-0.1, -0.05) is 32.0 Å². The van der Waals surface area contributed by atoms with E-state index in [4.69, 9.17) is 11.6 Å². The van der Waals surface area contributed by atoms with Crippen LogP contribution in [0.4, 0.5) is 0 Å². The number of aryl methyl sites for hydroxylation is 2. The van der Waals surface area contributed by atoms with Crippen molar-refractivity contribution in [2.45, 2.75) is 52.1 Å². The molecule has 0 aliphatic heterocycles. The van der Waals surface area contributed by atoms with Gasteiger partial charge in [0.25, 0.3) is 0 Å². The third kappa shape index (κ3) is 2.36. The number of rotatable bonds is 3. The van der Waals surface area contributed by atoms with Crippen LogP contribution >= 0.6 is 11.6 Å². The van der Waals surface area contributed by atoms with Crippen LogP contribution in [0, 0.1) is 19.3 Å². The molecule has 2 rings (SSSR count). The third-order valence-electron chi connectivity index (χ3n) is 4.32. The van der Waals surface area contributed by atoms with E-state index in [1.165, 1.54) is 16.7 Å². The zero-order chi connectivity index (χ0) is 12.6. The minimum Gasteiger partial charge on any atom is -0.309 e. The van der Waals surface area contributed by atoms with Gasteiger partial charge in [0.15, 0.2) is 0 Å². The van der Waals surface area contributed by atoms with E-state index in [0.717, 1.165) is 13.0 Å². The van der Waals surface area contributed by atoms with Gasteiger partial charge < -0.3 is 5.32 Å². The monoisotopic (exact) mass is 251 g/mol. The topological polar surface area (TPSA) is 12.0 Å². The fraction of sp³-hybridized carbons (Fsp3) is 0.600. The van der Waals surface area contributed by atoms with Gasteiger partial charge in [0.05, 0.1) is 0 Å². The highest BCUT2D eigenvalue weighted by Gasteiger charge is 2.46. The maximum absolute atomic E-state index is 6.24. The van der Waals surface area contributed by atoms with Gasteiger partial charge >= 0.3 is 0 Å². The Morgan fingerprint density at radius 3 is 2.35 bits per heavy atom. The number of hydrogen-bond acceptors (Lipinski definition) is 1. The smallest absolute Gasteiger partial charge is 0.0416 e. The van der Waals surface area contributed by atoms with Crippen molar-refractivity contribution in [3.05, 3.63) is 34.9 Å². The van der Waals surface area contributed by atoms with Gasteiger partial charge in [-0.05, 0) is 42.4 Å². The molecular formula is C15H22ClN. The summed E-state index contributed by atoms with van der Waals surface area (Å²) in [5, 5.41) is 3.97. The number of nitrogens with one attached hydrogen (secondary N) is 1. The van der Waals surface area contributed by atoms with Gasteiger partial charge in [-0.15, -0.1) is 11.6 Å². The van der Waals surface area contributed by atoms with Crippen molar-refractivity contribution < 1.29 is 0 Å². The first-order valence-electron chi connectivity index (χ1n) is 6.35. The zero-order valence-corrected chi connectivity index (χ0v) is 11.9. The fourth-order valence-corrected chi connectivity index (χ4v) is 2.90. The number of halogens is 1. The predicted molar refractivity (Wildman–Crippen MR) is 74.6 cm³/mol. The largest absolute Gasteiger partial charge is 0.309 e. The summed E-state index contributed by atoms with van der Waals surface area (Å²) in [6.45, 7) is 9.81. The Morgan fingerprint density at radius 2 is 1.88 bits per heavy atom. The van der Waals surface area contributed by atoms with Gasteiger partial charge in [0.1, 0.15) is 0 Å². The lowest BCUT2D eigenvalue weighted by Crippen LogP contribution is -2.57. The Morgan fingerprint density at radius 1 is 1.29 bits per heavy atom. The maximum Gasteiger partial charge on any atom is 0.0416 e. The molecule has 0 spiro atoms. The molecule has 1 aliphatic carbocycles. The highest BCUT2D eigenvalue weighted by Crippen LogP contribution is 2.44. The van der Waals surface area contributed by atoms with E-state index in [2.05, 4.69) is 51.2 Å². The molecule has 0 heterocycles. The van der Waals surface area contributed by atoms with Gasteiger partial charge in [0, 0.05) is 18.0 Å². The van der Waals surface area contributed by atoms with Crippen LogP contribution in [0.1, 0.15) is 37.0 Å². The molecule has 17 heavy (non-hydrogen) atoms. The Hall–Kier alpha value is -0.530. The molecule has 0 aromatic heterocycles. The minimum atomic E-state index is 0.220. The van der Waals surface area contributed by atoms with Crippen LogP contribution in [0.15, 0.2) is 18.2 Å². The summed E-state index contributed by atoms with van der Waals surface area (Å²) in [7, 11) is 0.